The topological polar surface area (TPSA) is 84.1 Å². The third kappa shape index (κ3) is 7.79. The Bertz CT molecular complexity index is 790. The minimum Gasteiger partial charge on any atom is -0.493 e. The molecule has 0 spiro atoms. The Morgan fingerprint density at radius 2 is 1.84 bits per heavy atom. The Kier molecular flexibility index (Phi) is 9.12. The Hall–Kier alpha value is -2.16. The number of ether oxygens (including phenoxy) is 2. The monoisotopic (exact) mass is 432 g/mol. The molecule has 0 bridgehead atoms. The molecule has 0 saturated carbocycles. The predicted molar refractivity (Wildman–Crippen MR) is 118 cm³/mol. The summed E-state index contributed by atoms with van der Waals surface area (Å²) in [7, 11) is 3.63. The smallest absolute Gasteiger partial charge is 0.230 e. The lowest BCUT2D eigenvalue weighted by Gasteiger charge is -2.26. The van der Waals surface area contributed by atoms with Crippen molar-refractivity contribution in [3.8, 4) is 11.5 Å². The van der Waals surface area contributed by atoms with Crippen LogP contribution in [0.4, 0.5) is 0 Å². The fourth-order valence-corrected chi connectivity index (χ4v) is 3.96. The van der Waals surface area contributed by atoms with Crippen LogP contribution in [0.5, 0.6) is 11.5 Å². The highest BCUT2D eigenvalue weighted by molar-refractivity contribution is 5.43. The Labute approximate surface area is 185 Å². The molecule has 0 radical (unpaired) electrons. The maximum atomic E-state index is 10.5. The molecule has 1 N–H and O–H groups in total. The first-order valence-corrected chi connectivity index (χ1v) is 11.2. The van der Waals surface area contributed by atoms with Crippen LogP contribution in [0.25, 0.3) is 0 Å². The van der Waals surface area contributed by atoms with E-state index in [1.54, 1.807) is 14.0 Å². The van der Waals surface area contributed by atoms with Gasteiger partial charge in [-0.3, -0.25) is 4.90 Å². The number of β-amino-alcohol motifs (C(OH)–C–C–N with tert-alkyl or cyclic N) is 1. The van der Waals surface area contributed by atoms with Crippen LogP contribution in [0, 0.1) is 6.92 Å². The van der Waals surface area contributed by atoms with E-state index in [1.807, 2.05) is 25.2 Å². The second-order valence-electron chi connectivity index (χ2n) is 8.41. The van der Waals surface area contributed by atoms with Gasteiger partial charge in [0.1, 0.15) is 12.7 Å². The molecule has 1 atom stereocenters. The van der Waals surface area contributed by atoms with Gasteiger partial charge in [-0.2, -0.15) is 0 Å². The number of rotatable bonds is 10. The van der Waals surface area contributed by atoms with Crippen LogP contribution in [0.2, 0.25) is 0 Å². The predicted octanol–water partition coefficient (Wildman–Crippen LogP) is 3.02. The molecule has 1 aromatic carbocycles. The first kappa shape index (κ1) is 23.5. The molecule has 8 heteroatoms. The lowest BCUT2D eigenvalue weighted by atomic mass is 10.1. The molecular formula is C23H36N4O4. The van der Waals surface area contributed by atoms with Crippen LogP contribution in [-0.4, -0.2) is 71.6 Å². The normalized spacial score (nSPS) is 16.7. The molecule has 2 heterocycles. The number of aryl methyl sites for hydroxylation is 1. The molecule has 31 heavy (non-hydrogen) atoms. The molecule has 1 aliphatic rings. The molecule has 1 aromatic heterocycles. The van der Waals surface area contributed by atoms with Crippen molar-refractivity contribution in [2.24, 2.45) is 0 Å². The van der Waals surface area contributed by atoms with Gasteiger partial charge in [0.2, 0.25) is 11.8 Å². The number of aliphatic hydroxyl groups is 1. The number of methoxy groups -OCH3 is 1. The zero-order valence-electron chi connectivity index (χ0n) is 19.0. The molecule has 1 saturated heterocycles. The van der Waals surface area contributed by atoms with E-state index in [0.29, 0.717) is 42.9 Å². The standard InChI is InChI=1S/C23H36N4O4/c1-18-24-25-23(31-18)16-26(2)14-19-9-10-21(22(13-19)29-3)30-17-20(28)15-27-11-7-5-4-6-8-12-27/h9-10,13,20,28H,4-8,11-12,14-17H2,1-3H3/t20-/m1/s1. The second-order valence-corrected chi connectivity index (χ2v) is 8.41. The van der Waals surface area contributed by atoms with E-state index in [2.05, 4.69) is 20.0 Å². The van der Waals surface area contributed by atoms with E-state index in [4.69, 9.17) is 13.9 Å². The zero-order chi connectivity index (χ0) is 22.1. The largest absolute Gasteiger partial charge is 0.493 e. The van der Waals surface area contributed by atoms with Crippen molar-refractivity contribution in [2.45, 2.75) is 58.2 Å². The van der Waals surface area contributed by atoms with E-state index in [0.717, 1.165) is 18.7 Å². The average Bonchev–Trinajstić information content (AvgIpc) is 3.13. The minimum absolute atomic E-state index is 0.253. The maximum absolute atomic E-state index is 10.5. The molecule has 0 aliphatic carbocycles. The van der Waals surface area contributed by atoms with Crippen LogP contribution >= 0.6 is 0 Å². The van der Waals surface area contributed by atoms with Gasteiger partial charge in [-0.25, -0.2) is 0 Å². The summed E-state index contributed by atoms with van der Waals surface area (Å²) < 4.78 is 16.9. The van der Waals surface area contributed by atoms with Gasteiger partial charge in [-0.15, -0.1) is 10.2 Å². The Balaban J connectivity index is 1.49. The fourth-order valence-electron chi connectivity index (χ4n) is 3.96. The van der Waals surface area contributed by atoms with E-state index in [9.17, 15) is 5.11 Å². The van der Waals surface area contributed by atoms with Crippen molar-refractivity contribution in [1.82, 2.24) is 20.0 Å². The SMILES string of the molecule is COc1cc(CN(C)Cc2nnc(C)o2)ccc1OC[C@H](O)CN1CCCCCCC1. The average molecular weight is 433 g/mol. The number of hydrogen-bond acceptors (Lipinski definition) is 8. The van der Waals surface area contributed by atoms with Gasteiger partial charge in [0.15, 0.2) is 11.5 Å². The Morgan fingerprint density at radius 3 is 2.52 bits per heavy atom. The van der Waals surface area contributed by atoms with Gasteiger partial charge >= 0.3 is 0 Å². The van der Waals surface area contributed by atoms with E-state index >= 15 is 0 Å². The lowest BCUT2D eigenvalue weighted by Crippen LogP contribution is -2.37. The molecule has 3 rings (SSSR count). The number of likely N-dealkylation sites (tertiary alicyclic amines) is 1. The van der Waals surface area contributed by atoms with Crippen molar-refractivity contribution in [1.29, 1.82) is 0 Å². The summed E-state index contributed by atoms with van der Waals surface area (Å²) in [5, 5.41) is 18.4. The van der Waals surface area contributed by atoms with Crippen LogP contribution in [0.15, 0.2) is 22.6 Å². The third-order valence-corrected chi connectivity index (χ3v) is 5.50. The quantitative estimate of drug-likeness (QED) is 0.613. The molecule has 1 fully saturated rings. The molecule has 172 valence electrons. The Morgan fingerprint density at radius 1 is 1.10 bits per heavy atom. The van der Waals surface area contributed by atoms with Crippen LogP contribution in [0.3, 0.4) is 0 Å². The highest BCUT2D eigenvalue weighted by Crippen LogP contribution is 2.29. The van der Waals surface area contributed by atoms with E-state index in [1.165, 1.54) is 32.1 Å². The summed E-state index contributed by atoms with van der Waals surface area (Å²) in [6, 6.07) is 5.88. The first-order chi connectivity index (χ1) is 15.0. The van der Waals surface area contributed by atoms with E-state index < -0.39 is 6.10 Å². The molecule has 0 unspecified atom stereocenters. The summed E-state index contributed by atoms with van der Waals surface area (Å²) in [4.78, 5) is 4.45. The summed E-state index contributed by atoms with van der Waals surface area (Å²) in [6.07, 6.45) is 5.81. The van der Waals surface area contributed by atoms with Gasteiger partial charge in [-0.05, 0) is 50.7 Å². The molecule has 1 aliphatic heterocycles. The highest BCUT2D eigenvalue weighted by Gasteiger charge is 2.15. The number of nitrogens with zero attached hydrogens (tertiary/aromatic N) is 4. The van der Waals surface area contributed by atoms with Gasteiger partial charge in [0.05, 0.1) is 13.7 Å². The molecule has 8 nitrogen and oxygen atoms in total. The van der Waals surface area contributed by atoms with Crippen molar-refractivity contribution >= 4 is 0 Å². The number of benzene rings is 1. The summed E-state index contributed by atoms with van der Waals surface area (Å²) in [5.74, 6) is 2.48. The summed E-state index contributed by atoms with van der Waals surface area (Å²) >= 11 is 0. The third-order valence-electron chi connectivity index (χ3n) is 5.50. The van der Waals surface area contributed by atoms with Gasteiger partial charge < -0.3 is 23.9 Å². The van der Waals surface area contributed by atoms with E-state index in [-0.39, 0.29) is 6.61 Å². The fraction of sp³-hybridized carbons (Fsp3) is 0.652. The molecular weight excluding hydrogens is 396 g/mol. The minimum atomic E-state index is -0.521. The maximum Gasteiger partial charge on any atom is 0.230 e. The first-order valence-electron chi connectivity index (χ1n) is 11.2. The van der Waals surface area contributed by atoms with Crippen LogP contribution in [-0.2, 0) is 13.1 Å². The second kappa shape index (κ2) is 12.0. The van der Waals surface area contributed by atoms with Crippen LogP contribution < -0.4 is 9.47 Å². The molecule has 0 amide bonds. The van der Waals surface area contributed by atoms with Crippen molar-refractivity contribution < 1.29 is 19.0 Å². The number of aliphatic hydroxyl groups excluding tert-OH is 1. The van der Waals surface area contributed by atoms with Gasteiger partial charge in [0, 0.05) is 20.0 Å². The number of hydrogen-bond donors (Lipinski definition) is 1. The molecule has 2 aromatic rings. The summed E-state index contributed by atoms with van der Waals surface area (Å²) in [6.45, 7) is 6.09. The highest BCUT2D eigenvalue weighted by atomic mass is 16.5. The zero-order valence-corrected chi connectivity index (χ0v) is 19.0. The van der Waals surface area contributed by atoms with Crippen molar-refractivity contribution in [3.05, 3.63) is 35.5 Å². The summed E-state index contributed by atoms with van der Waals surface area (Å²) in [5.41, 5.74) is 1.09. The van der Waals surface area contributed by atoms with Crippen LogP contribution in [0.1, 0.15) is 49.4 Å². The number of aromatic nitrogens is 2. The lowest BCUT2D eigenvalue weighted by molar-refractivity contribution is 0.0645. The van der Waals surface area contributed by atoms with Gasteiger partial charge in [0.25, 0.3) is 0 Å². The van der Waals surface area contributed by atoms with Gasteiger partial charge in [-0.1, -0.05) is 25.3 Å². The van der Waals surface area contributed by atoms with Crippen molar-refractivity contribution in [3.63, 3.8) is 0 Å². The van der Waals surface area contributed by atoms with Crippen molar-refractivity contribution in [2.75, 3.05) is 40.4 Å².